The van der Waals surface area contributed by atoms with E-state index in [9.17, 15) is 4.79 Å². The molecule has 1 fully saturated rings. The Morgan fingerprint density at radius 2 is 1.68 bits per heavy atom. The molecular weight excluding hydrogens is 474 g/mol. The summed E-state index contributed by atoms with van der Waals surface area (Å²) in [5.41, 5.74) is 5.92. The molecule has 198 valence electrons. The largest absolute Gasteiger partial charge is 0.493 e. The van der Waals surface area contributed by atoms with Crippen molar-refractivity contribution >= 4 is 16.8 Å². The number of hydrogen-bond acceptors (Lipinski definition) is 4. The predicted molar refractivity (Wildman–Crippen MR) is 152 cm³/mol. The Balaban J connectivity index is 1.39. The summed E-state index contributed by atoms with van der Waals surface area (Å²) in [6, 6.07) is 23.0. The standard InChI is InChI=1S/C32H37N3O3/c1-4-24-11-8-12-26-28(21-33-32(24)26)27(25-13-14-29(37-2)30(19-25)38-3)20-31(36)35-17-15-34(16-18-35)22-23-9-6-5-7-10-23/h5-14,19,21,27,33H,4,15-18,20,22H2,1-3H3. The fraction of sp³-hybridized carbons (Fsp3) is 0.344. The van der Waals surface area contributed by atoms with Crippen molar-refractivity contribution in [3.63, 3.8) is 0 Å². The van der Waals surface area contributed by atoms with Crippen LogP contribution >= 0.6 is 0 Å². The Morgan fingerprint density at radius 1 is 0.921 bits per heavy atom. The van der Waals surface area contributed by atoms with Crippen LogP contribution < -0.4 is 9.47 Å². The molecule has 5 rings (SSSR count). The summed E-state index contributed by atoms with van der Waals surface area (Å²) in [7, 11) is 3.29. The number of fused-ring (bicyclic) bond motifs is 1. The molecule has 1 saturated heterocycles. The van der Waals surface area contributed by atoms with Crippen LogP contribution in [0.5, 0.6) is 11.5 Å². The third kappa shape index (κ3) is 5.41. The zero-order valence-corrected chi connectivity index (χ0v) is 22.6. The van der Waals surface area contributed by atoms with E-state index in [0.717, 1.165) is 55.8 Å². The number of aryl methyl sites for hydroxylation is 1. The third-order valence-corrected chi connectivity index (χ3v) is 7.75. The number of ether oxygens (including phenoxy) is 2. The number of para-hydroxylation sites is 1. The van der Waals surface area contributed by atoms with Crippen molar-refractivity contribution in [2.75, 3.05) is 40.4 Å². The molecule has 3 aromatic carbocycles. The first kappa shape index (κ1) is 25.9. The van der Waals surface area contributed by atoms with Crippen LogP contribution in [0.1, 0.15) is 41.5 Å². The van der Waals surface area contributed by atoms with Crippen molar-refractivity contribution in [1.82, 2.24) is 14.8 Å². The average molecular weight is 512 g/mol. The SMILES string of the molecule is CCc1cccc2c(C(CC(=O)N3CCN(Cc4ccccc4)CC3)c3ccc(OC)c(OC)c3)c[nH]c12. The van der Waals surface area contributed by atoms with Crippen LogP contribution in [0.3, 0.4) is 0 Å². The van der Waals surface area contributed by atoms with E-state index >= 15 is 0 Å². The topological polar surface area (TPSA) is 57.8 Å². The Labute approximate surface area is 225 Å². The van der Waals surface area contributed by atoms with Crippen molar-refractivity contribution in [2.45, 2.75) is 32.2 Å². The molecule has 1 amide bonds. The first-order valence-corrected chi connectivity index (χ1v) is 13.5. The lowest BCUT2D eigenvalue weighted by molar-refractivity contribution is -0.133. The summed E-state index contributed by atoms with van der Waals surface area (Å²) in [6.07, 6.45) is 3.43. The van der Waals surface area contributed by atoms with Crippen LogP contribution in [0.25, 0.3) is 10.9 Å². The molecule has 1 aliphatic rings. The normalized spacial score (nSPS) is 15.0. The van der Waals surface area contributed by atoms with Gasteiger partial charge in [-0.15, -0.1) is 0 Å². The number of carbonyl (C=O) groups is 1. The van der Waals surface area contributed by atoms with Gasteiger partial charge in [0.15, 0.2) is 11.5 Å². The zero-order valence-electron chi connectivity index (χ0n) is 22.6. The molecule has 1 N–H and O–H groups in total. The second kappa shape index (κ2) is 11.7. The van der Waals surface area contributed by atoms with E-state index in [1.54, 1.807) is 14.2 Å². The lowest BCUT2D eigenvalue weighted by Crippen LogP contribution is -2.48. The monoisotopic (exact) mass is 511 g/mol. The lowest BCUT2D eigenvalue weighted by Gasteiger charge is -2.35. The maximum atomic E-state index is 13.7. The highest BCUT2D eigenvalue weighted by Gasteiger charge is 2.27. The number of nitrogens with zero attached hydrogens (tertiary/aromatic N) is 2. The number of aromatic nitrogens is 1. The van der Waals surface area contributed by atoms with E-state index in [1.165, 1.54) is 16.5 Å². The van der Waals surface area contributed by atoms with Crippen LogP contribution in [0.2, 0.25) is 0 Å². The second-order valence-corrected chi connectivity index (χ2v) is 9.95. The summed E-state index contributed by atoms with van der Waals surface area (Å²) in [5.74, 6) is 1.43. The highest BCUT2D eigenvalue weighted by molar-refractivity contribution is 5.88. The molecule has 2 heterocycles. The van der Waals surface area contributed by atoms with Crippen molar-refractivity contribution in [2.24, 2.45) is 0 Å². The number of carbonyl (C=O) groups excluding carboxylic acids is 1. The highest BCUT2D eigenvalue weighted by Crippen LogP contribution is 2.38. The van der Waals surface area contributed by atoms with E-state index in [2.05, 4.69) is 71.5 Å². The first-order chi connectivity index (χ1) is 18.6. The van der Waals surface area contributed by atoms with E-state index in [-0.39, 0.29) is 11.8 Å². The minimum Gasteiger partial charge on any atom is -0.493 e. The highest BCUT2D eigenvalue weighted by atomic mass is 16.5. The molecule has 1 atom stereocenters. The van der Waals surface area contributed by atoms with Gasteiger partial charge >= 0.3 is 0 Å². The third-order valence-electron chi connectivity index (χ3n) is 7.75. The summed E-state index contributed by atoms with van der Waals surface area (Å²) >= 11 is 0. The Hall–Kier alpha value is -3.77. The van der Waals surface area contributed by atoms with Gasteiger partial charge in [-0.1, -0.05) is 61.5 Å². The fourth-order valence-corrected chi connectivity index (χ4v) is 5.60. The minimum atomic E-state index is -0.106. The number of nitrogens with one attached hydrogen (secondary N) is 1. The van der Waals surface area contributed by atoms with Gasteiger partial charge < -0.3 is 19.4 Å². The van der Waals surface area contributed by atoms with Crippen LogP contribution in [0.4, 0.5) is 0 Å². The molecule has 0 bridgehead atoms. The van der Waals surface area contributed by atoms with Crippen LogP contribution in [-0.4, -0.2) is 61.1 Å². The smallest absolute Gasteiger partial charge is 0.223 e. The predicted octanol–water partition coefficient (Wildman–Crippen LogP) is 5.61. The Morgan fingerprint density at radius 3 is 2.39 bits per heavy atom. The van der Waals surface area contributed by atoms with E-state index < -0.39 is 0 Å². The van der Waals surface area contributed by atoms with Gasteiger partial charge in [-0.25, -0.2) is 0 Å². The number of rotatable bonds is 9. The fourth-order valence-electron chi connectivity index (χ4n) is 5.60. The molecular formula is C32H37N3O3. The van der Waals surface area contributed by atoms with Gasteiger partial charge in [-0.3, -0.25) is 9.69 Å². The maximum absolute atomic E-state index is 13.7. The zero-order chi connectivity index (χ0) is 26.5. The number of hydrogen-bond donors (Lipinski definition) is 1. The molecule has 6 nitrogen and oxygen atoms in total. The number of aromatic amines is 1. The number of amides is 1. The summed E-state index contributed by atoms with van der Waals surface area (Å²) in [6.45, 7) is 6.36. The van der Waals surface area contributed by atoms with Crippen LogP contribution in [0.15, 0.2) is 72.9 Å². The molecule has 1 unspecified atom stereocenters. The summed E-state index contributed by atoms with van der Waals surface area (Å²) in [5, 5.41) is 1.17. The van der Waals surface area contributed by atoms with Crippen molar-refractivity contribution in [3.05, 3.63) is 95.2 Å². The summed E-state index contributed by atoms with van der Waals surface area (Å²) < 4.78 is 11.1. The molecule has 0 aliphatic carbocycles. The van der Waals surface area contributed by atoms with Gasteiger partial charge in [0.25, 0.3) is 0 Å². The molecule has 4 aromatic rings. The molecule has 1 aromatic heterocycles. The van der Waals surface area contributed by atoms with Crippen molar-refractivity contribution < 1.29 is 14.3 Å². The number of piperazine rings is 1. The minimum absolute atomic E-state index is 0.106. The molecule has 38 heavy (non-hydrogen) atoms. The average Bonchev–Trinajstić information content (AvgIpc) is 3.40. The molecule has 6 heteroatoms. The van der Waals surface area contributed by atoms with E-state index in [4.69, 9.17) is 9.47 Å². The van der Waals surface area contributed by atoms with E-state index in [0.29, 0.717) is 17.9 Å². The van der Waals surface area contributed by atoms with Gasteiger partial charge in [0, 0.05) is 62.2 Å². The molecule has 0 saturated carbocycles. The van der Waals surface area contributed by atoms with Crippen molar-refractivity contribution in [3.8, 4) is 11.5 Å². The van der Waals surface area contributed by atoms with Gasteiger partial charge in [-0.05, 0) is 40.8 Å². The number of benzene rings is 3. The lowest BCUT2D eigenvalue weighted by atomic mass is 9.87. The maximum Gasteiger partial charge on any atom is 0.223 e. The summed E-state index contributed by atoms with van der Waals surface area (Å²) in [4.78, 5) is 21.7. The molecule has 0 radical (unpaired) electrons. The molecule has 0 spiro atoms. The Kier molecular flexibility index (Phi) is 7.99. The Bertz CT molecular complexity index is 1370. The van der Waals surface area contributed by atoms with Gasteiger partial charge in [0.05, 0.1) is 14.2 Å². The quantitative estimate of drug-likeness (QED) is 0.317. The number of methoxy groups -OCH3 is 2. The van der Waals surface area contributed by atoms with Gasteiger partial charge in [0.1, 0.15) is 0 Å². The van der Waals surface area contributed by atoms with Crippen molar-refractivity contribution in [1.29, 1.82) is 0 Å². The van der Waals surface area contributed by atoms with Crippen LogP contribution in [0, 0.1) is 0 Å². The second-order valence-electron chi connectivity index (χ2n) is 9.95. The van der Waals surface area contributed by atoms with E-state index in [1.807, 2.05) is 23.1 Å². The van der Waals surface area contributed by atoms with Crippen LogP contribution in [-0.2, 0) is 17.8 Å². The molecule has 1 aliphatic heterocycles. The first-order valence-electron chi connectivity index (χ1n) is 13.5. The number of H-pyrrole nitrogens is 1. The van der Waals surface area contributed by atoms with Gasteiger partial charge in [-0.2, -0.15) is 0 Å². The van der Waals surface area contributed by atoms with Gasteiger partial charge in [0.2, 0.25) is 5.91 Å².